The number of carbonyl (C=O) groups excluding carboxylic acids is 1. The predicted octanol–water partition coefficient (Wildman–Crippen LogP) is 2.63. The molecule has 3 aromatic rings. The number of rotatable bonds is 10. The summed E-state index contributed by atoms with van der Waals surface area (Å²) in [4.78, 5) is 25.0. The number of ether oxygens (including phenoxy) is 2. The first-order valence-electron chi connectivity index (χ1n) is 11.7. The molecule has 3 N–H and O–H groups in total. The molecule has 12 nitrogen and oxygen atoms in total. The van der Waals surface area contributed by atoms with Gasteiger partial charge in [-0.2, -0.15) is 0 Å². The van der Waals surface area contributed by atoms with Gasteiger partial charge in [0.1, 0.15) is 29.8 Å². The number of aliphatic hydroxyl groups excluding tert-OH is 1. The highest BCUT2D eigenvalue weighted by Crippen LogP contribution is 2.48. The van der Waals surface area contributed by atoms with E-state index in [4.69, 9.17) is 30.3 Å². The number of methoxy groups -OCH3 is 1. The summed E-state index contributed by atoms with van der Waals surface area (Å²) in [6, 6.07) is 7.81. The second-order valence-electron chi connectivity index (χ2n) is 8.89. The first kappa shape index (κ1) is 28.3. The number of halogens is 1. The van der Waals surface area contributed by atoms with E-state index in [-0.39, 0.29) is 6.61 Å². The minimum Gasteiger partial charge on any atom is -0.468 e. The summed E-state index contributed by atoms with van der Waals surface area (Å²) >= 11 is 5.65. The fourth-order valence-corrected chi connectivity index (χ4v) is 6.49. The Labute approximate surface area is 224 Å². The molecule has 1 saturated heterocycles. The van der Waals surface area contributed by atoms with Gasteiger partial charge in [-0.25, -0.2) is 24.4 Å². The minimum absolute atomic E-state index is 0.329. The van der Waals surface area contributed by atoms with Crippen molar-refractivity contribution in [2.45, 2.75) is 50.9 Å². The third-order valence-electron chi connectivity index (χ3n) is 6.02. The normalized spacial score (nSPS) is 25.6. The summed E-state index contributed by atoms with van der Waals surface area (Å²) < 4.78 is 40.0. The monoisotopic (exact) mass is 568 g/mol. The third kappa shape index (κ3) is 5.65. The van der Waals surface area contributed by atoms with Crippen LogP contribution in [0.25, 0.3) is 11.2 Å². The molecule has 0 saturated carbocycles. The molecule has 0 unspecified atom stereocenters. The van der Waals surface area contributed by atoms with Gasteiger partial charge in [-0.15, -0.1) is 0 Å². The fraction of sp³-hybridized carbons (Fsp3) is 0.478. The molecule has 1 fully saturated rings. The van der Waals surface area contributed by atoms with Gasteiger partial charge < -0.3 is 28.9 Å². The minimum atomic E-state index is -3.40. The van der Waals surface area contributed by atoms with Crippen LogP contribution in [0.3, 0.4) is 0 Å². The number of anilines is 1. The zero-order chi connectivity index (χ0) is 27.7. The average Bonchev–Trinajstić information content (AvgIpc) is 3.39. The van der Waals surface area contributed by atoms with E-state index in [1.165, 1.54) is 24.9 Å². The highest BCUT2D eigenvalue weighted by molar-refractivity contribution is 8.09. The first-order chi connectivity index (χ1) is 18.0. The van der Waals surface area contributed by atoms with Crippen LogP contribution in [0.1, 0.15) is 25.9 Å². The lowest BCUT2D eigenvalue weighted by Crippen LogP contribution is -2.41. The van der Waals surface area contributed by atoms with Crippen molar-refractivity contribution in [1.82, 2.24) is 24.6 Å². The molecule has 1 aliphatic rings. The van der Waals surface area contributed by atoms with Crippen LogP contribution in [0.5, 0.6) is 5.75 Å². The molecule has 3 heterocycles. The Bertz CT molecular complexity index is 1340. The summed E-state index contributed by atoms with van der Waals surface area (Å²) in [6.45, 7) is 0.755. The number of benzene rings is 1. The van der Waals surface area contributed by atoms with Crippen molar-refractivity contribution in [3.05, 3.63) is 42.5 Å². The van der Waals surface area contributed by atoms with Crippen molar-refractivity contribution < 1.29 is 32.8 Å². The number of hydrogen-bond acceptors (Lipinski definition) is 11. The molecule has 6 atom stereocenters. The summed E-state index contributed by atoms with van der Waals surface area (Å²) in [7, 11) is 2.94. The van der Waals surface area contributed by atoms with Crippen LogP contribution < -0.4 is 14.9 Å². The number of aromatic nitrogens is 4. The number of nitrogens with one attached hydrogen (secondary N) is 2. The summed E-state index contributed by atoms with van der Waals surface area (Å²) in [5.41, 5.74) is -1.47. The zero-order valence-electron chi connectivity index (χ0n) is 21.5. The number of esters is 1. The maximum Gasteiger partial charge on any atom is 0.323 e. The molecule has 15 heteroatoms. The molecule has 38 heavy (non-hydrogen) atoms. The topological polar surface area (TPSA) is 142 Å². The third-order valence-corrected chi connectivity index (χ3v) is 8.52. The number of imidazole rings is 1. The van der Waals surface area contributed by atoms with Gasteiger partial charge in [0.2, 0.25) is 0 Å². The van der Waals surface area contributed by atoms with Gasteiger partial charge in [-0.05, 0) is 44.7 Å². The lowest BCUT2D eigenvalue weighted by Gasteiger charge is -2.27. The van der Waals surface area contributed by atoms with E-state index in [2.05, 4.69) is 25.4 Å². The maximum atomic E-state index is 16.0. The van der Waals surface area contributed by atoms with Crippen LogP contribution >= 0.6 is 6.64 Å². The highest BCUT2D eigenvalue weighted by atomic mass is 32.5. The zero-order valence-corrected chi connectivity index (χ0v) is 23.2. The Morgan fingerprint density at radius 2 is 2.08 bits per heavy atom. The molecular formula is C23H30FN6O6PS. The SMILES string of the molecule is CNc1nc(C)nc2c1ncn2[C@@H]1O[C@H](CO[P@@](=S)(N[C@@H](C)C(=O)OC)Oc2ccccc2)[C@@H](O)[C@@]1(C)F. The summed E-state index contributed by atoms with van der Waals surface area (Å²) in [5.74, 6) is 0.766. The van der Waals surface area contributed by atoms with Gasteiger partial charge in [-0.3, -0.25) is 9.36 Å². The van der Waals surface area contributed by atoms with Crippen molar-refractivity contribution in [1.29, 1.82) is 0 Å². The molecule has 0 radical (unpaired) electrons. The second kappa shape index (κ2) is 11.2. The molecule has 206 valence electrons. The molecule has 0 bridgehead atoms. The molecule has 0 spiro atoms. The number of fused-ring (bicyclic) bond motifs is 1. The molecule has 1 aliphatic heterocycles. The summed E-state index contributed by atoms with van der Waals surface area (Å²) in [6.07, 6.45) is -2.60. The van der Waals surface area contributed by atoms with Crippen molar-refractivity contribution in [2.24, 2.45) is 0 Å². The Balaban J connectivity index is 1.57. The Hall–Kier alpha value is -2.74. The van der Waals surface area contributed by atoms with E-state index in [0.717, 1.165) is 0 Å². The van der Waals surface area contributed by atoms with Gasteiger partial charge in [0.25, 0.3) is 0 Å². The van der Waals surface area contributed by atoms with E-state index in [1.807, 2.05) is 0 Å². The lowest BCUT2D eigenvalue weighted by molar-refractivity contribution is -0.142. The highest BCUT2D eigenvalue weighted by Gasteiger charge is 2.55. The number of alkyl halides is 1. The van der Waals surface area contributed by atoms with Crippen LogP contribution in [0.2, 0.25) is 0 Å². The largest absolute Gasteiger partial charge is 0.468 e. The number of aryl methyl sites for hydroxylation is 1. The second-order valence-corrected chi connectivity index (χ2v) is 12.0. The van der Waals surface area contributed by atoms with Gasteiger partial charge in [0.05, 0.1) is 20.0 Å². The quantitative estimate of drug-likeness (QED) is 0.244. The predicted molar refractivity (Wildman–Crippen MR) is 141 cm³/mol. The Morgan fingerprint density at radius 3 is 2.74 bits per heavy atom. The smallest absolute Gasteiger partial charge is 0.323 e. The Morgan fingerprint density at radius 1 is 1.37 bits per heavy atom. The molecule has 2 aromatic heterocycles. The van der Waals surface area contributed by atoms with Crippen molar-refractivity contribution in [2.75, 3.05) is 26.1 Å². The average molecular weight is 569 g/mol. The van der Waals surface area contributed by atoms with E-state index >= 15 is 4.39 Å². The number of aliphatic hydroxyl groups is 1. The van der Waals surface area contributed by atoms with E-state index in [9.17, 15) is 9.90 Å². The first-order valence-corrected chi connectivity index (χ1v) is 14.4. The molecule has 4 rings (SSSR count). The van der Waals surface area contributed by atoms with Crippen LogP contribution in [0.4, 0.5) is 10.2 Å². The maximum absolute atomic E-state index is 16.0. The van der Waals surface area contributed by atoms with Gasteiger partial charge >= 0.3 is 12.6 Å². The Kier molecular flexibility index (Phi) is 8.31. The van der Waals surface area contributed by atoms with Gasteiger partial charge in [-0.1, -0.05) is 18.2 Å². The molecule has 0 amide bonds. The van der Waals surface area contributed by atoms with E-state index in [1.54, 1.807) is 51.2 Å². The number of para-hydroxylation sites is 1. The number of nitrogens with zero attached hydrogens (tertiary/aromatic N) is 4. The van der Waals surface area contributed by atoms with Crippen LogP contribution in [0.15, 0.2) is 36.7 Å². The molecule has 0 aliphatic carbocycles. The molecule has 1 aromatic carbocycles. The fourth-order valence-electron chi connectivity index (χ4n) is 4.07. The van der Waals surface area contributed by atoms with Crippen molar-refractivity contribution >= 4 is 41.4 Å². The standard InChI is InChI=1S/C23H30FN6O6PS/c1-13(21(32)33-5)29-37(38,36-15-9-7-6-8-10-15)34-11-16-18(31)23(3,24)22(35-16)30-12-26-17-19(25-4)27-14(2)28-20(17)30/h6-10,12-13,16,18,22,31H,11H2,1-5H3,(H,29,38)(H,25,27,28)/t13-,16+,18+,22+,23+,37-/m0/s1. The lowest BCUT2D eigenvalue weighted by atomic mass is 9.98. The molecular weight excluding hydrogens is 538 g/mol. The van der Waals surface area contributed by atoms with Gasteiger partial charge in [0.15, 0.2) is 28.9 Å². The van der Waals surface area contributed by atoms with Crippen LogP contribution in [-0.2, 0) is 30.6 Å². The van der Waals surface area contributed by atoms with Crippen LogP contribution in [0, 0.1) is 6.92 Å². The van der Waals surface area contributed by atoms with Crippen molar-refractivity contribution in [3.63, 3.8) is 0 Å². The van der Waals surface area contributed by atoms with E-state index < -0.39 is 42.8 Å². The van der Waals surface area contributed by atoms with Crippen molar-refractivity contribution in [3.8, 4) is 5.75 Å². The van der Waals surface area contributed by atoms with E-state index in [0.29, 0.717) is 28.6 Å². The van der Waals surface area contributed by atoms with Crippen LogP contribution in [-0.4, -0.2) is 75.3 Å². The summed E-state index contributed by atoms with van der Waals surface area (Å²) in [5, 5.41) is 16.7. The number of hydrogen-bond donors (Lipinski definition) is 3. The van der Waals surface area contributed by atoms with Gasteiger partial charge in [0, 0.05) is 7.05 Å². The number of carbonyl (C=O) groups is 1.